The van der Waals surface area contributed by atoms with Crippen LogP contribution < -0.4 is 15.3 Å². The van der Waals surface area contributed by atoms with Gasteiger partial charge in [0.05, 0.1) is 21.7 Å². The molecule has 1 aromatic heterocycles. The fourth-order valence-corrected chi connectivity index (χ4v) is 4.23. The van der Waals surface area contributed by atoms with Crippen LogP contribution in [0.15, 0.2) is 46.2 Å². The Morgan fingerprint density at radius 1 is 1.03 bits per heavy atom. The van der Waals surface area contributed by atoms with Crippen LogP contribution in [-0.4, -0.2) is 16.3 Å². The van der Waals surface area contributed by atoms with Gasteiger partial charge in [0.15, 0.2) is 0 Å². The van der Waals surface area contributed by atoms with Crippen LogP contribution in [-0.2, 0) is 18.8 Å². The number of hydrogen-bond acceptors (Lipinski definition) is 4. The molecule has 166 valence electrons. The Bertz CT molecular complexity index is 1380. The van der Waals surface area contributed by atoms with E-state index in [0.29, 0.717) is 39.6 Å². The molecule has 0 unspecified atom stereocenters. The highest BCUT2D eigenvalue weighted by Crippen LogP contribution is 2.37. The van der Waals surface area contributed by atoms with Crippen molar-refractivity contribution in [1.82, 2.24) is 4.98 Å². The van der Waals surface area contributed by atoms with Gasteiger partial charge in [-0.25, -0.2) is 0 Å². The molecule has 2 aromatic carbocycles. The number of aromatic nitrogens is 1. The number of nitrogens with one attached hydrogen (secondary N) is 1. The van der Waals surface area contributed by atoms with Crippen LogP contribution in [0, 0.1) is 0 Å². The minimum atomic E-state index is -4.99. The van der Waals surface area contributed by atoms with Crippen LogP contribution in [0.1, 0.15) is 21.6 Å². The summed E-state index contributed by atoms with van der Waals surface area (Å²) < 4.78 is 79.7. The average Bonchev–Trinajstić information content (AvgIpc) is 3.30. The van der Waals surface area contributed by atoms with E-state index >= 15 is 0 Å². The number of nitrogens with zero attached hydrogens (tertiary/aromatic N) is 1. The van der Waals surface area contributed by atoms with Crippen molar-refractivity contribution in [2.24, 2.45) is 4.99 Å². The van der Waals surface area contributed by atoms with Crippen molar-refractivity contribution in [2.45, 2.75) is 18.8 Å². The number of aromatic hydroxyl groups is 1. The van der Waals surface area contributed by atoms with Gasteiger partial charge in [-0.2, -0.15) is 26.3 Å². The van der Waals surface area contributed by atoms with Crippen molar-refractivity contribution in [3.63, 3.8) is 0 Å². The number of aliphatic imine (C=N–C) groups is 1. The maximum absolute atomic E-state index is 13.3. The third kappa shape index (κ3) is 4.20. The van der Waals surface area contributed by atoms with E-state index in [1.54, 1.807) is 24.3 Å². The van der Waals surface area contributed by atoms with Crippen LogP contribution in [0.5, 0.6) is 5.88 Å². The number of fused-ring (bicyclic) bond motifs is 1. The lowest BCUT2D eigenvalue weighted by molar-refractivity contribution is -0.143. The second-order valence-electron chi connectivity index (χ2n) is 6.94. The van der Waals surface area contributed by atoms with Crippen LogP contribution in [0.2, 0.25) is 0 Å². The van der Waals surface area contributed by atoms with E-state index in [4.69, 9.17) is 0 Å². The smallest absolute Gasteiger partial charge is 0.416 e. The van der Waals surface area contributed by atoms with Crippen molar-refractivity contribution < 1.29 is 31.4 Å². The van der Waals surface area contributed by atoms with E-state index < -0.39 is 40.7 Å². The third-order valence-electron chi connectivity index (χ3n) is 4.80. The molecular weight excluding hydrogens is 458 g/mol. The first-order valence-corrected chi connectivity index (χ1v) is 9.82. The van der Waals surface area contributed by atoms with Gasteiger partial charge in [0.2, 0.25) is 5.88 Å². The zero-order valence-corrected chi connectivity index (χ0v) is 16.6. The molecule has 0 spiro atoms. The Labute approximate surface area is 179 Å². The van der Waals surface area contributed by atoms with Gasteiger partial charge in [-0.15, -0.1) is 0 Å². The van der Waals surface area contributed by atoms with Gasteiger partial charge in [-0.3, -0.25) is 14.8 Å². The molecule has 3 aromatic rings. The maximum atomic E-state index is 13.3. The highest BCUT2D eigenvalue weighted by atomic mass is 32.1. The van der Waals surface area contributed by atoms with E-state index in [2.05, 4.69) is 9.98 Å². The average molecular weight is 470 g/mol. The second kappa shape index (κ2) is 7.66. The van der Waals surface area contributed by atoms with E-state index in [-0.39, 0.29) is 22.1 Å². The molecular formula is C21H12F6N2O2S. The zero-order chi connectivity index (χ0) is 23.3. The predicted octanol–water partition coefficient (Wildman–Crippen LogP) is 4.12. The number of halogens is 6. The standard InChI is InChI=1S/C21H12F6N2O2S/c22-20(23,24)11-6-10(7-12(9-11)21(25,26)27)8-15(17-18(30)29-19(31)32-17)13-2-1-3-16-14(13)4-5-28-16/h1-7,9,30H,8H2,(H,29,31). The molecule has 2 N–H and O–H groups in total. The highest BCUT2D eigenvalue weighted by Gasteiger charge is 2.37. The molecule has 0 aliphatic carbocycles. The topological polar surface area (TPSA) is 65.5 Å². The number of aromatic amines is 1. The molecule has 32 heavy (non-hydrogen) atoms. The molecule has 0 atom stereocenters. The summed E-state index contributed by atoms with van der Waals surface area (Å²) in [4.78, 5) is 17.5. The lowest BCUT2D eigenvalue weighted by atomic mass is 9.96. The Hall–Kier alpha value is -3.34. The van der Waals surface area contributed by atoms with Crippen LogP contribution in [0.3, 0.4) is 0 Å². The van der Waals surface area contributed by atoms with E-state index in [0.717, 1.165) is 0 Å². The molecule has 11 heteroatoms. The minimum absolute atomic E-state index is 0.0228. The SMILES string of the molecule is O=c1[nH]c(O)c(C(Cc2cc(C(F)(F)F)cc(C(F)(F)F)c2)=c2cccc3c2=CC=N3)s1. The Balaban J connectivity index is 1.99. The molecule has 0 saturated heterocycles. The van der Waals surface area contributed by atoms with Gasteiger partial charge in [-0.05, 0) is 53.1 Å². The monoisotopic (exact) mass is 470 g/mol. The molecule has 0 amide bonds. The van der Waals surface area contributed by atoms with Gasteiger partial charge in [-0.1, -0.05) is 23.5 Å². The van der Waals surface area contributed by atoms with Gasteiger partial charge in [0.25, 0.3) is 0 Å². The summed E-state index contributed by atoms with van der Waals surface area (Å²) in [6.45, 7) is 0. The second-order valence-corrected chi connectivity index (χ2v) is 7.93. The maximum Gasteiger partial charge on any atom is 0.416 e. The largest absolute Gasteiger partial charge is 0.493 e. The molecule has 0 bridgehead atoms. The highest BCUT2D eigenvalue weighted by molar-refractivity contribution is 7.10. The lowest BCUT2D eigenvalue weighted by Gasteiger charge is -2.15. The first-order valence-electron chi connectivity index (χ1n) is 9.01. The number of alkyl halides is 6. The number of hydrogen-bond donors (Lipinski definition) is 2. The number of benzene rings is 2. The molecule has 1 aliphatic heterocycles. The Morgan fingerprint density at radius 3 is 2.25 bits per heavy atom. The molecule has 2 heterocycles. The molecule has 4 rings (SSSR count). The molecule has 0 fully saturated rings. The van der Waals surface area contributed by atoms with Crippen molar-refractivity contribution in [2.75, 3.05) is 0 Å². The summed E-state index contributed by atoms with van der Waals surface area (Å²) in [5, 5.41) is 11.2. The van der Waals surface area contributed by atoms with E-state index in [1.807, 2.05) is 0 Å². The van der Waals surface area contributed by atoms with Gasteiger partial charge in [0.1, 0.15) is 0 Å². The summed E-state index contributed by atoms with van der Waals surface area (Å²) in [5.41, 5.74) is -2.43. The van der Waals surface area contributed by atoms with Crippen molar-refractivity contribution in [3.8, 4) is 5.88 Å². The summed E-state index contributed by atoms with van der Waals surface area (Å²) in [7, 11) is 0. The van der Waals surface area contributed by atoms with Gasteiger partial charge in [0, 0.05) is 11.4 Å². The van der Waals surface area contributed by atoms with Crippen LogP contribution in [0.25, 0.3) is 11.6 Å². The number of H-pyrrole nitrogens is 1. The van der Waals surface area contributed by atoms with Crippen molar-refractivity contribution in [1.29, 1.82) is 0 Å². The number of thiazole rings is 1. The zero-order valence-electron chi connectivity index (χ0n) is 15.8. The Morgan fingerprint density at radius 2 is 1.69 bits per heavy atom. The molecule has 4 nitrogen and oxygen atoms in total. The molecule has 1 aliphatic rings. The fraction of sp³-hybridized carbons (Fsp3) is 0.143. The summed E-state index contributed by atoms with van der Waals surface area (Å²) in [6, 6.07) is 6.21. The summed E-state index contributed by atoms with van der Waals surface area (Å²) in [6.07, 6.45) is -7.26. The van der Waals surface area contributed by atoms with Crippen LogP contribution in [0.4, 0.5) is 32.0 Å². The summed E-state index contributed by atoms with van der Waals surface area (Å²) in [5.74, 6) is -0.519. The van der Waals surface area contributed by atoms with Crippen molar-refractivity contribution >= 4 is 34.9 Å². The first-order chi connectivity index (χ1) is 14.9. The lowest BCUT2D eigenvalue weighted by Crippen LogP contribution is -2.27. The van der Waals surface area contributed by atoms with Crippen LogP contribution >= 0.6 is 11.3 Å². The summed E-state index contributed by atoms with van der Waals surface area (Å²) >= 11 is 0.604. The molecule has 0 saturated carbocycles. The normalized spacial score (nSPS) is 14.3. The minimum Gasteiger partial charge on any atom is -0.493 e. The predicted molar refractivity (Wildman–Crippen MR) is 108 cm³/mol. The van der Waals surface area contributed by atoms with Gasteiger partial charge < -0.3 is 5.11 Å². The van der Waals surface area contributed by atoms with Crippen molar-refractivity contribution in [3.05, 3.63) is 78.1 Å². The quantitative estimate of drug-likeness (QED) is 0.566. The van der Waals surface area contributed by atoms with E-state index in [9.17, 15) is 36.2 Å². The number of rotatable bonds is 3. The fourth-order valence-electron chi connectivity index (χ4n) is 3.44. The van der Waals surface area contributed by atoms with E-state index in [1.165, 1.54) is 6.21 Å². The van der Waals surface area contributed by atoms with Gasteiger partial charge >= 0.3 is 17.2 Å². The third-order valence-corrected chi connectivity index (χ3v) is 5.73. The molecule has 0 radical (unpaired) electrons. The first kappa shape index (κ1) is 21.9. The Kier molecular flexibility index (Phi) is 5.24.